The largest absolute Gasteiger partial charge is 0.378 e. The van der Waals surface area contributed by atoms with Crippen LogP contribution in [-0.4, -0.2) is 27.4 Å². The number of nitrogens with zero attached hydrogens (tertiary/aromatic N) is 2. The predicted octanol–water partition coefficient (Wildman–Crippen LogP) is 1.43. The molecule has 0 spiro atoms. The Hall–Kier alpha value is -0.870. The Morgan fingerprint density at radius 2 is 2.38 bits per heavy atom. The Bertz CT molecular complexity index is 369. The summed E-state index contributed by atoms with van der Waals surface area (Å²) in [6, 6.07) is 0. The summed E-state index contributed by atoms with van der Waals surface area (Å²) in [5, 5.41) is 9.99. The maximum Gasteiger partial charge on any atom is 0.132 e. The van der Waals surface area contributed by atoms with Crippen molar-refractivity contribution in [2.75, 3.05) is 6.61 Å². The summed E-state index contributed by atoms with van der Waals surface area (Å²) in [5.41, 5.74) is 1.17. The van der Waals surface area contributed by atoms with Crippen LogP contribution in [0.5, 0.6) is 0 Å². The van der Waals surface area contributed by atoms with E-state index in [1.807, 2.05) is 10.8 Å². The normalized spacial score (nSPS) is 29.3. The number of fused-ring (bicyclic) bond motifs is 1. The predicted molar refractivity (Wildman–Crippen MR) is 59.1 cm³/mol. The first-order valence-electron chi connectivity index (χ1n) is 6.19. The number of hydrogen-bond acceptors (Lipinski definition) is 3. The Kier molecular flexibility index (Phi) is 2.69. The van der Waals surface area contributed by atoms with Crippen LogP contribution >= 0.6 is 0 Å². The van der Waals surface area contributed by atoms with Crippen LogP contribution in [0.3, 0.4) is 0 Å². The molecule has 88 valence electrons. The third-order valence-corrected chi connectivity index (χ3v) is 3.58. The minimum atomic E-state index is -0.373. The maximum absolute atomic E-state index is 9.99. The van der Waals surface area contributed by atoms with Gasteiger partial charge in [-0.15, -0.1) is 0 Å². The van der Waals surface area contributed by atoms with Gasteiger partial charge in [-0.3, -0.25) is 0 Å². The molecule has 0 bridgehead atoms. The molecule has 3 rings (SSSR count). The molecule has 2 aliphatic rings. The molecule has 16 heavy (non-hydrogen) atoms. The van der Waals surface area contributed by atoms with Gasteiger partial charge in [0.2, 0.25) is 0 Å². The fourth-order valence-corrected chi connectivity index (χ4v) is 2.74. The smallest absolute Gasteiger partial charge is 0.132 e. The molecular formula is C12H18N2O2. The molecule has 3 heterocycles. The number of aryl methyl sites for hydroxylation is 1. The standard InChI is InChI=1S/C12H18N2O2/c15-12-5-1-3-9-8-13-11(14(9)12)7-10-4-2-6-16-10/h8,10,12,15H,1-7H2. The summed E-state index contributed by atoms with van der Waals surface area (Å²) in [6.07, 6.45) is 7.91. The van der Waals surface area contributed by atoms with Crippen LogP contribution in [0.25, 0.3) is 0 Å². The molecule has 4 heteroatoms. The van der Waals surface area contributed by atoms with Gasteiger partial charge in [-0.1, -0.05) is 0 Å². The molecule has 1 aromatic rings. The zero-order chi connectivity index (χ0) is 11.0. The fraction of sp³-hybridized carbons (Fsp3) is 0.750. The van der Waals surface area contributed by atoms with E-state index in [2.05, 4.69) is 4.98 Å². The molecule has 0 aromatic carbocycles. The second-order valence-corrected chi connectivity index (χ2v) is 4.75. The van der Waals surface area contributed by atoms with E-state index in [1.165, 1.54) is 5.69 Å². The quantitative estimate of drug-likeness (QED) is 0.823. The van der Waals surface area contributed by atoms with Gasteiger partial charge < -0.3 is 14.4 Å². The lowest BCUT2D eigenvalue weighted by Gasteiger charge is -2.23. The van der Waals surface area contributed by atoms with Crippen molar-refractivity contribution < 1.29 is 9.84 Å². The zero-order valence-electron chi connectivity index (χ0n) is 9.43. The number of imidazole rings is 1. The molecule has 4 nitrogen and oxygen atoms in total. The molecular weight excluding hydrogens is 204 g/mol. The highest BCUT2D eigenvalue weighted by atomic mass is 16.5. The van der Waals surface area contributed by atoms with Crippen molar-refractivity contribution in [2.45, 2.75) is 50.9 Å². The van der Waals surface area contributed by atoms with Crippen LogP contribution in [0.1, 0.15) is 43.4 Å². The van der Waals surface area contributed by atoms with Crippen molar-refractivity contribution >= 4 is 0 Å². The van der Waals surface area contributed by atoms with E-state index >= 15 is 0 Å². The van der Waals surface area contributed by atoms with Gasteiger partial charge in [0.25, 0.3) is 0 Å². The van der Waals surface area contributed by atoms with Gasteiger partial charge in [0, 0.05) is 24.9 Å². The summed E-state index contributed by atoms with van der Waals surface area (Å²) >= 11 is 0. The summed E-state index contributed by atoms with van der Waals surface area (Å²) in [6.45, 7) is 0.876. The molecule has 1 N–H and O–H groups in total. The lowest BCUT2D eigenvalue weighted by Crippen LogP contribution is -2.22. The lowest BCUT2D eigenvalue weighted by molar-refractivity contribution is 0.0691. The summed E-state index contributed by atoms with van der Waals surface area (Å²) in [7, 11) is 0. The molecule has 0 saturated carbocycles. The second kappa shape index (κ2) is 4.18. The minimum Gasteiger partial charge on any atom is -0.378 e. The summed E-state index contributed by atoms with van der Waals surface area (Å²) in [5.74, 6) is 0.995. The first kappa shape index (κ1) is 10.3. The number of rotatable bonds is 2. The van der Waals surface area contributed by atoms with Crippen LogP contribution in [-0.2, 0) is 17.6 Å². The second-order valence-electron chi connectivity index (χ2n) is 4.75. The summed E-state index contributed by atoms with van der Waals surface area (Å²) < 4.78 is 7.62. The molecule has 0 amide bonds. The van der Waals surface area contributed by atoms with Gasteiger partial charge in [0.05, 0.1) is 6.10 Å². The Balaban J connectivity index is 1.81. The van der Waals surface area contributed by atoms with E-state index in [1.54, 1.807) is 0 Å². The Morgan fingerprint density at radius 1 is 1.44 bits per heavy atom. The maximum atomic E-state index is 9.99. The average molecular weight is 222 g/mol. The van der Waals surface area contributed by atoms with Gasteiger partial charge in [-0.25, -0.2) is 4.98 Å². The molecule has 1 aromatic heterocycles. The number of aliphatic hydroxyl groups is 1. The van der Waals surface area contributed by atoms with E-state index in [4.69, 9.17) is 4.74 Å². The van der Waals surface area contributed by atoms with E-state index < -0.39 is 0 Å². The van der Waals surface area contributed by atoms with E-state index in [0.717, 1.165) is 51.0 Å². The van der Waals surface area contributed by atoms with Crippen LogP contribution in [0.4, 0.5) is 0 Å². The SMILES string of the molecule is OC1CCCc2cnc(CC3CCCO3)n21. The van der Waals surface area contributed by atoms with E-state index in [0.29, 0.717) is 6.10 Å². The molecule has 2 aliphatic heterocycles. The molecule has 0 radical (unpaired) electrons. The van der Waals surface area contributed by atoms with Crippen molar-refractivity contribution in [3.63, 3.8) is 0 Å². The average Bonchev–Trinajstić information content (AvgIpc) is 2.90. The molecule has 1 saturated heterocycles. The summed E-state index contributed by atoms with van der Waals surface area (Å²) in [4.78, 5) is 4.43. The van der Waals surface area contributed by atoms with Crippen LogP contribution in [0.2, 0.25) is 0 Å². The highest BCUT2D eigenvalue weighted by molar-refractivity contribution is 5.10. The van der Waals surface area contributed by atoms with Gasteiger partial charge in [-0.2, -0.15) is 0 Å². The fourth-order valence-electron chi connectivity index (χ4n) is 2.74. The van der Waals surface area contributed by atoms with Crippen molar-refractivity contribution in [2.24, 2.45) is 0 Å². The molecule has 1 fully saturated rings. The van der Waals surface area contributed by atoms with E-state index in [9.17, 15) is 5.11 Å². The lowest BCUT2D eigenvalue weighted by atomic mass is 10.1. The Morgan fingerprint density at radius 3 is 3.19 bits per heavy atom. The van der Waals surface area contributed by atoms with Crippen molar-refractivity contribution in [3.05, 3.63) is 17.7 Å². The van der Waals surface area contributed by atoms with E-state index in [-0.39, 0.29) is 6.23 Å². The van der Waals surface area contributed by atoms with Gasteiger partial charge in [0.15, 0.2) is 0 Å². The van der Waals surface area contributed by atoms with Gasteiger partial charge >= 0.3 is 0 Å². The highest BCUT2D eigenvalue weighted by Gasteiger charge is 2.24. The number of aliphatic hydroxyl groups excluding tert-OH is 1. The monoisotopic (exact) mass is 222 g/mol. The first-order valence-corrected chi connectivity index (χ1v) is 6.19. The van der Waals surface area contributed by atoms with Crippen LogP contribution in [0.15, 0.2) is 6.20 Å². The molecule has 2 unspecified atom stereocenters. The number of hydrogen-bond donors (Lipinski definition) is 1. The molecule has 2 atom stereocenters. The number of ether oxygens (including phenoxy) is 1. The first-order chi connectivity index (χ1) is 7.84. The zero-order valence-corrected chi connectivity index (χ0v) is 9.43. The van der Waals surface area contributed by atoms with Crippen LogP contribution in [0, 0.1) is 0 Å². The number of aromatic nitrogens is 2. The minimum absolute atomic E-state index is 0.306. The topological polar surface area (TPSA) is 47.3 Å². The van der Waals surface area contributed by atoms with Crippen LogP contribution < -0.4 is 0 Å². The van der Waals surface area contributed by atoms with Gasteiger partial charge in [-0.05, 0) is 32.1 Å². The Labute approximate surface area is 95.3 Å². The molecule has 0 aliphatic carbocycles. The van der Waals surface area contributed by atoms with Gasteiger partial charge in [0.1, 0.15) is 12.1 Å². The highest BCUT2D eigenvalue weighted by Crippen LogP contribution is 2.26. The third kappa shape index (κ3) is 1.76. The third-order valence-electron chi connectivity index (χ3n) is 3.58. The van der Waals surface area contributed by atoms with Crippen molar-refractivity contribution in [1.82, 2.24) is 9.55 Å². The van der Waals surface area contributed by atoms with Crippen molar-refractivity contribution in [3.8, 4) is 0 Å². The van der Waals surface area contributed by atoms with Crippen molar-refractivity contribution in [1.29, 1.82) is 0 Å².